The quantitative estimate of drug-likeness (QED) is 0.281. The van der Waals surface area contributed by atoms with Crippen molar-refractivity contribution in [2.45, 2.75) is 6.92 Å². The third-order valence-corrected chi connectivity index (χ3v) is 5.49. The van der Waals surface area contributed by atoms with Gasteiger partial charge in [-0.05, 0) is 63.0 Å². The molecule has 0 saturated heterocycles. The Morgan fingerprint density at radius 2 is 1.94 bits per heavy atom. The van der Waals surface area contributed by atoms with E-state index in [0.717, 1.165) is 16.0 Å². The molecule has 0 atom stereocenters. The number of non-ortho nitro benzene ring substituents is 1. The average molecular weight is 441 g/mol. The second-order valence-electron chi connectivity index (χ2n) is 7.03. The fraction of sp³-hybridized carbons (Fsp3) is 0.273. The van der Waals surface area contributed by atoms with E-state index in [4.69, 9.17) is 4.74 Å². The Labute approximate surface area is 184 Å². The topological polar surface area (TPSA) is 88.8 Å². The number of hydrogen-bond donors (Lipinski definition) is 0. The molecule has 3 rings (SSSR count). The van der Waals surface area contributed by atoms with Crippen LogP contribution in [0.2, 0.25) is 0 Å². The maximum atomic E-state index is 13.0. The first-order chi connectivity index (χ1) is 14.9. The summed E-state index contributed by atoms with van der Waals surface area (Å²) in [7, 11) is 3.89. The first-order valence-corrected chi connectivity index (χ1v) is 10.6. The highest BCUT2D eigenvalue weighted by molar-refractivity contribution is 7.22. The molecule has 1 amide bonds. The molecule has 0 radical (unpaired) electrons. The van der Waals surface area contributed by atoms with Crippen molar-refractivity contribution in [3.63, 3.8) is 0 Å². The smallest absolute Gasteiger partial charge is 0.269 e. The van der Waals surface area contributed by atoms with Gasteiger partial charge in [-0.25, -0.2) is 4.98 Å². The van der Waals surface area contributed by atoms with Crippen LogP contribution in [0.5, 0.6) is 5.75 Å². The van der Waals surface area contributed by atoms with Crippen LogP contribution in [-0.2, 0) is 4.79 Å². The lowest BCUT2D eigenvalue weighted by Gasteiger charge is -2.20. The van der Waals surface area contributed by atoms with Gasteiger partial charge in [-0.3, -0.25) is 19.8 Å². The summed E-state index contributed by atoms with van der Waals surface area (Å²) in [5.41, 5.74) is 1.53. The van der Waals surface area contributed by atoms with E-state index in [9.17, 15) is 14.9 Å². The number of hydrogen-bond acceptors (Lipinski definition) is 7. The van der Waals surface area contributed by atoms with Crippen molar-refractivity contribution in [3.8, 4) is 5.75 Å². The van der Waals surface area contributed by atoms with Crippen LogP contribution in [0.25, 0.3) is 16.3 Å². The Morgan fingerprint density at radius 3 is 2.58 bits per heavy atom. The summed E-state index contributed by atoms with van der Waals surface area (Å²) in [6.45, 7) is 3.67. The first-order valence-electron chi connectivity index (χ1n) is 9.79. The second kappa shape index (κ2) is 10.1. The molecule has 0 N–H and O–H groups in total. The van der Waals surface area contributed by atoms with Crippen LogP contribution >= 0.6 is 11.3 Å². The molecular weight excluding hydrogens is 416 g/mol. The molecule has 0 aliphatic heterocycles. The van der Waals surface area contributed by atoms with Gasteiger partial charge in [0.2, 0.25) is 0 Å². The van der Waals surface area contributed by atoms with Gasteiger partial charge in [0, 0.05) is 31.3 Å². The van der Waals surface area contributed by atoms with Gasteiger partial charge in [-0.1, -0.05) is 11.3 Å². The minimum atomic E-state index is -0.453. The van der Waals surface area contributed by atoms with E-state index in [2.05, 4.69) is 4.98 Å². The molecule has 0 aliphatic rings. The molecule has 0 aliphatic carbocycles. The molecule has 0 fully saturated rings. The molecule has 0 saturated carbocycles. The lowest BCUT2D eigenvalue weighted by molar-refractivity contribution is -0.384. The molecule has 162 valence electrons. The van der Waals surface area contributed by atoms with Crippen molar-refractivity contribution < 1.29 is 14.5 Å². The molecule has 0 spiro atoms. The minimum absolute atomic E-state index is 0.0111. The fourth-order valence-electron chi connectivity index (χ4n) is 2.83. The molecular formula is C22H24N4O4S. The number of ether oxygens (including phenoxy) is 1. The number of carbonyl (C=O) groups is 1. The summed E-state index contributed by atoms with van der Waals surface area (Å²) in [4.78, 5) is 31.6. The monoisotopic (exact) mass is 440 g/mol. The molecule has 0 bridgehead atoms. The van der Waals surface area contributed by atoms with Gasteiger partial charge >= 0.3 is 0 Å². The average Bonchev–Trinajstić information content (AvgIpc) is 3.15. The minimum Gasteiger partial charge on any atom is -0.494 e. The highest BCUT2D eigenvalue weighted by atomic mass is 32.1. The van der Waals surface area contributed by atoms with Crippen LogP contribution in [0.1, 0.15) is 12.5 Å². The normalized spacial score (nSPS) is 11.4. The molecule has 8 nitrogen and oxygen atoms in total. The van der Waals surface area contributed by atoms with Gasteiger partial charge in [0.1, 0.15) is 5.75 Å². The van der Waals surface area contributed by atoms with Gasteiger partial charge in [-0.2, -0.15) is 0 Å². The maximum absolute atomic E-state index is 13.0. The molecule has 1 heterocycles. The Kier molecular flexibility index (Phi) is 7.32. The van der Waals surface area contributed by atoms with Crippen LogP contribution in [0.15, 0.2) is 48.5 Å². The Balaban J connectivity index is 1.84. The summed E-state index contributed by atoms with van der Waals surface area (Å²) in [6, 6.07) is 11.7. The number of nitro benzene ring substituents is 1. The van der Waals surface area contributed by atoms with E-state index in [0.29, 0.717) is 30.4 Å². The molecule has 0 unspecified atom stereocenters. The molecule has 9 heteroatoms. The van der Waals surface area contributed by atoms with E-state index in [1.807, 2.05) is 44.1 Å². The van der Waals surface area contributed by atoms with Crippen LogP contribution in [0.3, 0.4) is 0 Å². The highest BCUT2D eigenvalue weighted by Gasteiger charge is 2.18. The summed E-state index contributed by atoms with van der Waals surface area (Å²) in [6.07, 6.45) is 3.11. The van der Waals surface area contributed by atoms with Crippen LogP contribution in [0.4, 0.5) is 10.8 Å². The SMILES string of the molecule is CCOc1ccc2nc(N(CCN(C)C)C(=O)C=Cc3ccc([N+](=O)[O-])cc3)sc2c1. The zero-order valence-electron chi connectivity index (χ0n) is 17.6. The Hall–Kier alpha value is -3.30. The summed E-state index contributed by atoms with van der Waals surface area (Å²) in [5.74, 6) is 0.568. The number of benzene rings is 2. The van der Waals surface area contributed by atoms with Gasteiger partial charge < -0.3 is 9.64 Å². The molecule has 1 aromatic heterocycles. The largest absolute Gasteiger partial charge is 0.494 e. The standard InChI is InChI=1S/C22H24N4O4S/c1-4-30-18-10-11-19-20(15-18)31-22(23-19)25(14-13-24(2)3)21(27)12-7-16-5-8-17(9-6-16)26(28)29/h5-12,15H,4,13-14H2,1-3H3. The molecule has 2 aromatic carbocycles. The van der Waals surface area contributed by atoms with E-state index in [1.54, 1.807) is 23.1 Å². The summed E-state index contributed by atoms with van der Waals surface area (Å²) in [5, 5.41) is 11.4. The molecule has 31 heavy (non-hydrogen) atoms. The molecule has 3 aromatic rings. The van der Waals surface area contributed by atoms with E-state index in [1.165, 1.54) is 29.5 Å². The number of carbonyl (C=O) groups excluding carboxylic acids is 1. The number of nitro groups is 1. The third kappa shape index (κ3) is 5.87. The lowest BCUT2D eigenvalue weighted by atomic mass is 10.2. The predicted molar refractivity (Wildman–Crippen MR) is 124 cm³/mol. The Bertz CT molecular complexity index is 1090. The van der Waals surface area contributed by atoms with Crippen molar-refractivity contribution >= 4 is 44.4 Å². The van der Waals surface area contributed by atoms with Gasteiger partial charge in [0.05, 0.1) is 21.7 Å². The number of rotatable bonds is 9. The second-order valence-corrected chi connectivity index (χ2v) is 8.04. The number of thiazole rings is 1. The van der Waals surface area contributed by atoms with Crippen LogP contribution in [0, 0.1) is 10.1 Å². The number of nitrogens with zero attached hydrogens (tertiary/aromatic N) is 4. The predicted octanol–water partition coefficient (Wildman–Crippen LogP) is 4.21. The zero-order chi connectivity index (χ0) is 22.4. The Morgan fingerprint density at radius 1 is 1.19 bits per heavy atom. The van der Waals surface area contributed by atoms with Crippen molar-refractivity contribution in [2.75, 3.05) is 38.7 Å². The fourth-order valence-corrected chi connectivity index (χ4v) is 3.85. The van der Waals surface area contributed by atoms with Crippen LogP contribution < -0.4 is 9.64 Å². The van der Waals surface area contributed by atoms with Crippen molar-refractivity contribution in [2.24, 2.45) is 0 Å². The number of amides is 1. The summed E-state index contributed by atoms with van der Waals surface area (Å²) >= 11 is 1.44. The maximum Gasteiger partial charge on any atom is 0.269 e. The van der Waals surface area contributed by atoms with E-state index in [-0.39, 0.29) is 11.6 Å². The zero-order valence-corrected chi connectivity index (χ0v) is 18.5. The van der Waals surface area contributed by atoms with E-state index < -0.39 is 4.92 Å². The van der Waals surface area contributed by atoms with Crippen LogP contribution in [-0.4, -0.2) is 54.5 Å². The van der Waals surface area contributed by atoms with Crippen molar-refractivity contribution in [3.05, 3.63) is 64.2 Å². The van der Waals surface area contributed by atoms with Gasteiger partial charge in [0.25, 0.3) is 11.6 Å². The number of likely N-dealkylation sites (N-methyl/N-ethyl adjacent to an activating group) is 1. The lowest BCUT2D eigenvalue weighted by Crippen LogP contribution is -2.35. The highest BCUT2D eigenvalue weighted by Crippen LogP contribution is 2.31. The van der Waals surface area contributed by atoms with Gasteiger partial charge in [-0.15, -0.1) is 0 Å². The number of anilines is 1. The summed E-state index contributed by atoms with van der Waals surface area (Å²) < 4.78 is 6.51. The van der Waals surface area contributed by atoms with Crippen molar-refractivity contribution in [1.82, 2.24) is 9.88 Å². The number of aromatic nitrogens is 1. The van der Waals surface area contributed by atoms with Gasteiger partial charge in [0.15, 0.2) is 5.13 Å². The third-order valence-electron chi connectivity index (χ3n) is 4.45. The number of fused-ring (bicyclic) bond motifs is 1. The first kappa shape index (κ1) is 22.4. The van der Waals surface area contributed by atoms with E-state index >= 15 is 0 Å². The van der Waals surface area contributed by atoms with Crippen molar-refractivity contribution in [1.29, 1.82) is 0 Å².